The molecule has 5 nitrogen and oxygen atoms in total. The van der Waals surface area contributed by atoms with Crippen LogP contribution in [0.25, 0.3) is 0 Å². The molecule has 0 heterocycles. The molecule has 1 saturated carbocycles. The van der Waals surface area contributed by atoms with Crippen LogP contribution in [0.2, 0.25) is 0 Å². The van der Waals surface area contributed by atoms with E-state index in [9.17, 15) is 4.79 Å². The molecule has 0 aromatic carbocycles. The van der Waals surface area contributed by atoms with Gasteiger partial charge in [0, 0.05) is 18.6 Å². The van der Waals surface area contributed by atoms with E-state index in [2.05, 4.69) is 24.5 Å². The third-order valence-corrected chi connectivity index (χ3v) is 3.34. The first kappa shape index (κ1) is 12.9. The predicted molar refractivity (Wildman–Crippen MR) is 59.6 cm³/mol. The van der Waals surface area contributed by atoms with Crippen molar-refractivity contribution in [3.8, 4) is 6.07 Å². The molecule has 90 valence electrons. The summed E-state index contributed by atoms with van der Waals surface area (Å²) >= 11 is 0. The van der Waals surface area contributed by atoms with E-state index in [1.54, 1.807) is 7.11 Å². The van der Waals surface area contributed by atoms with Crippen LogP contribution in [0.5, 0.6) is 0 Å². The Morgan fingerprint density at radius 2 is 2.31 bits per heavy atom. The van der Waals surface area contributed by atoms with Crippen LogP contribution in [0.1, 0.15) is 20.3 Å². The maximum Gasteiger partial charge on any atom is 0.234 e. The summed E-state index contributed by atoms with van der Waals surface area (Å²) < 4.78 is 5.32. The Morgan fingerprint density at radius 3 is 2.81 bits per heavy atom. The molecule has 1 fully saturated rings. The van der Waals surface area contributed by atoms with Gasteiger partial charge < -0.3 is 15.4 Å². The number of carbonyl (C=O) groups is 1. The standard InChI is InChI=1S/C11H19N3O2/c1-11(2)8(6-9(11)16-3)14-7-10(15)13-5-4-12/h8-9,14H,5-7H2,1-3H3,(H,13,15). The van der Waals surface area contributed by atoms with Gasteiger partial charge in [-0.25, -0.2) is 0 Å². The summed E-state index contributed by atoms with van der Waals surface area (Å²) in [6.07, 6.45) is 1.18. The van der Waals surface area contributed by atoms with Crippen LogP contribution in [-0.4, -0.2) is 38.3 Å². The van der Waals surface area contributed by atoms with Gasteiger partial charge in [-0.3, -0.25) is 4.79 Å². The number of carbonyl (C=O) groups excluding carboxylic acids is 1. The SMILES string of the molecule is COC1CC(NCC(=O)NCC#N)C1(C)C. The molecular weight excluding hydrogens is 206 g/mol. The quantitative estimate of drug-likeness (QED) is 0.647. The first-order valence-electron chi connectivity index (χ1n) is 5.42. The lowest BCUT2D eigenvalue weighted by molar-refractivity contribution is -0.123. The topological polar surface area (TPSA) is 74.2 Å². The monoisotopic (exact) mass is 225 g/mol. The average Bonchev–Trinajstić information content (AvgIpc) is 2.25. The van der Waals surface area contributed by atoms with Gasteiger partial charge in [-0.15, -0.1) is 0 Å². The van der Waals surface area contributed by atoms with Crippen molar-refractivity contribution in [3.05, 3.63) is 0 Å². The van der Waals surface area contributed by atoms with E-state index in [1.807, 2.05) is 6.07 Å². The molecule has 5 heteroatoms. The maximum atomic E-state index is 11.3. The number of nitriles is 1. The fraction of sp³-hybridized carbons (Fsp3) is 0.818. The van der Waals surface area contributed by atoms with E-state index < -0.39 is 0 Å². The van der Waals surface area contributed by atoms with Gasteiger partial charge in [-0.1, -0.05) is 13.8 Å². The normalized spacial score (nSPS) is 26.6. The highest BCUT2D eigenvalue weighted by Gasteiger charge is 2.48. The van der Waals surface area contributed by atoms with Crippen LogP contribution in [-0.2, 0) is 9.53 Å². The third-order valence-electron chi connectivity index (χ3n) is 3.34. The summed E-state index contributed by atoms with van der Waals surface area (Å²) in [4.78, 5) is 11.3. The molecule has 1 aliphatic rings. The van der Waals surface area contributed by atoms with Gasteiger partial charge in [0.05, 0.1) is 18.7 Å². The predicted octanol–water partition coefficient (Wildman–Crippen LogP) is 0.0293. The van der Waals surface area contributed by atoms with Gasteiger partial charge >= 0.3 is 0 Å². The van der Waals surface area contributed by atoms with E-state index in [4.69, 9.17) is 10.00 Å². The van der Waals surface area contributed by atoms with Crippen LogP contribution < -0.4 is 10.6 Å². The lowest BCUT2D eigenvalue weighted by Crippen LogP contribution is -2.61. The maximum absolute atomic E-state index is 11.3. The van der Waals surface area contributed by atoms with Gasteiger partial charge in [-0.05, 0) is 6.42 Å². The van der Waals surface area contributed by atoms with Crippen LogP contribution in [0.4, 0.5) is 0 Å². The molecule has 2 atom stereocenters. The highest BCUT2D eigenvalue weighted by molar-refractivity contribution is 5.78. The summed E-state index contributed by atoms with van der Waals surface area (Å²) in [5, 5.41) is 14.0. The first-order valence-corrected chi connectivity index (χ1v) is 5.42. The Kier molecular flexibility index (Phi) is 4.27. The molecule has 0 spiro atoms. The lowest BCUT2D eigenvalue weighted by atomic mass is 9.64. The number of ether oxygens (including phenoxy) is 1. The van der Waals surface area contributed by atoms with Gasteiger partial charge in [0.15, 0.2) is 0 Å². The van der Waals surface area contributed by atoms with Crippen LogP contribution >= 0.6 is 0 Å². The largest absolute Gasteiger partial charge is 0.381 e. The molecule has 16 heavy (non-hydrogen) atoms. The minimum Gasteiger partial charge on any atom is -0.381 e. The molecule has 1 amide bonds. The number of rotatable bonds is 5. The zero-order chi connectivity index (χ0) is 12.2. The molecule has 1 aliphatic carbocycles. The van der Waals surface area contributed by atoms with Crippen molar-refractivity contribution >= 4 is 5.91 Å². The van der Waals surface area contributed by atoms with Crippen LogP contribution in [0, 0.1) is 16.7 Å². The number of amides is 1. The highest BCUT2D eigenvalue weighted by Crippen LogP contribution is 2.42. The van der Waals surface area contributed by atoms with Crippen molar-refractivity contribution in [2.24, 2.45) is 5.41 Å². The Bertz CT molecular complexity index is 296. The molecule has 0 radical (unpaired) electrons. The Morgan fingerprint density at radius 1 is 1.62 bits per heavy atom. The summed E-state index contributed by atoms with van der Waals surface area (Å²) in [6.45, 7) is 4.56. The molecule has 0 aromatic rings. The van der Waals surface area contributed by atoms with Crippen molar-refractivity contribution in [1.29, 1.82) is 5.26 Å². The van der Waals surface area contributed by atoms with Crippen molar-refractivity contribution < 1.29 is 9.53 Å². The summed E-state index contributed by atoms with van der Waals surface area (Å²) in [5.74, 6) is -0.141. The van der Waals surface area contributed by atoms with E-state index in [1.165, 1.54) is 0 Å². The number of methoxy groups -OCH3 is 1. The smallest absolute Gasteiger partial charge is 0.234 e. The van der Waals surface area contributed by atoms with Gasteiger partial charge in [0.1, 0.15) is 6.54 Å². The molecule has 0 aliphatic heterocycles. The fourth-order valence-electron chi connectivity index (χ4n) is 2.05. The zero-order valence-corrected chi connectivity index (χ0v) is 10.0. The number of hydrogen-bond donors (Lipinski definition) is 2. The van der Waals surface area contributed by atoms with E-state index in [-0.39, 0.29) is 30.5 Å². The van der Waals surface area contributed by atoms with Gasteiger partial charge in [0.2, 0.25) is 5.91 Å². The molecule has 2 N–H and O–H groups in total. The molecule has 1 rings (SSSR count). The van der Waals surface area contributed by atoms with Crippen LogP contribution in [0.3, 0.4) is 0 Å². The second-order valence-corrected chi connectivity index (χ2v) is 4.65. The van der Waals surface area contributed by atoms with Crippen molar-refractivity contribution in [3.63, 3.8) is 0 Å². The van der Waals surface area contributed by atoms with E-state index in [0.29, 0.717) is 6.04 Å². The number of nitrogens with zero attached hydrogens (tertiary/aromatic N) is 1. The summed E-state index contributed by atoms with van der Waals surface area (Å²) in [5.41, 5.74) is 0.0598. The molecular formula is C11H19N3O2. The minimum atomic E-state index is -0.141. The van der Waals surface area contributed by atoms with Gasteiger partial charge in [0.25, 0.3) is 0 Å². The molecule has 0 bridgehead atoms. The highest BCUT2D eigenvalue weighted by atomic mass is 16.5. The van der Waals surface area contributed by atoms with Crippen molar-refractivity contribution in [1.82, 2.24) is 10.6 Å². The third kappa shape index (κ3) is 2.71. The van der Waals surface area contributed by atoms with Crippen molar-refractivity contribution in [2.45, 2.75) is 32.4 Å². The number of hydrogen-bond acceptors (Lipinski definition) is 4. The fourth-order valence-corrected chi connectivity index (χ4v) is 2.05. The summed E-state index contributed by atoms with van der Waals surface area (Å²) in [7, 11) is 1.71. The zero-order valence-electron chi connectivity index (χ0n) is 10.0. The van der Waals surface area contributed by atoms with E-state index in [0.717, 1.165) is 6.42 Å². The number of nitrogens with one attached hydrogen (secondary N) is 2. The second-order valence-electron chi connectivity index (χ2n) is 4.65. The van der Waals surface area contributed by atoms with E-state index >= 15 is 0 Å². The molecule has 2 unspecified atom stereocenters. The van der Waals surface area contributed by atoms with Crippen LogP contribution in [0.15, 0.2) is 0 Å². The second kappa shape index (κ2) is 5.28. The molecule has 0 saturated heterocycles. The average molecular weight is 225 g/mol. The first-order chi connectivity index (χ1) is 7.52. The van der Waals surface area contributed by atoms with Gasteiger partial charge in [-0.2, -0.15) is 5.26 Å². The summed E-state index contributed by atoms with van der Waals surface area (Å²) in [6, 6.07) is 2.16. The Balaban J connectivity index is 2.25. The van der Waals surface area contributed by atoms with Crippen molar-refractivity contribution in [2.75, 3.05) is 20.2 Å². The Labute approximate surface area is 96.2 Å². The molecule has 0 aromatic heterocycles. The Hall–Kier alpha value is -1.12. The lowest BCUT2D eigenvalue weighted by Gasteiger charge is -2.51. The minimum absolute atomic E-state index is 0.0598.